The highest BCUT2D eigenvalue weighted by Crippen LogP contribution is 2.29. The number of hydrogen-bond donors (Lipinski definition) is 1. The lowest BCUT2D eigenvalue weighted by Gasteiger charge is -2.38. The van der Waals surface area contributed by atoms with E-state index in [1.165, 1.54) is 41.4 Å². The fraction of sp³-hybridized carbons (Fsp3) is 0.300. The Balaban J connectivity index is 1.06. The Labute approximate surface area is 240 Å². The van der Waals surface area contributed by atoms with Crippen LogP contribution < -0.4 is 10.5 Å². The van der Waals surface area contributed by atoms with Crippen LogP contribution in [-0.2, 0) is 13.1 Å². The molecule has 1 fully saturated rings. The maximum absolute atomic E-state index is 13.4. The van der Waals surface area contributed by atoms with Gasteiger partial charge in [0.1, 0.15) is 17.5 Å². The predicted molar refractivity (Wildman–Crippen MR) is 153 cm³/mol. The predicted octanol–water partition coefficient (Wildman–Crippen LogP) is 3.13. The van der Waals surface area contributed by atoms with Crippen molar-refractivity contribution in [3.63, 3.8) is 0 Å². The molecule has 214 valence electrons. The first-order valence-electron chi connectivity index (χ1n) is 14.0. The van der Waals surface area contributed by atoms with Crippen molar-refractivity contribution in [3.8, 4) is 5.69 Å². The number of fused-ring (bicyclic) bond motifs is 2. The minimum atomic E-state index is -1.17. The van der Waals surface area contributed by atoms with E-state index in [9.17, 15) is 19.1 Å². The minimum Gasteiger partial charge on any atom is -0.388 e. The summed E-state index contributed by atoms with van der Waals surface area (Å²) in [5, 5.41) is 16.1. The largest absolute Gasteiger partial charge is 0.388 e. The van der Waals surface area contributed by atoms with Crippen molar-refractivity contribution in [1.82, 2.24) is 33.8 Å². The molecule has 0 aliphatic carbocycles. The summed E-state index contributed by atoms with van der Waals surface area (Å²) in [6, 6.07) is 13.3. The Morgan fingerprint density at radius 2 is 1.69 bits per heavy atom. The summed E-state index contributed by atoms with van der Waals surface area (Å²) in [5.41, 5.74) is 1.17. The van der Waals surface area contributed by atoms with Crippen LogP contribution in [-0.4, -0.2) is 70.0 Å². The molecule has 42 heavy (non-hydrogen) atoms. The Kier molecular flexibility index (Phi) is 6.34. The number of likely N-dealkylation sites (tertiary alicyclic amines) is 1. The molecule has 5 aromatic rings. The van der Waals surface area contributed by atoms with Gasteiger partial charge in [0.25, 0.3) is 11.5 Å². The molecular weight excluding hydrogens is 539 g/mol. The van der Waals surface area contributed by atoms with Crippen molar-refractivity contribution in [1.29, 1.82) is 0 Å². The molecule has 0 bridgehead atoms. The molecular formula is C30H29FN8O3. The number of anilines is 2. The van der Waals surface area contributed by atoms with E-state index in [0.717, 1.165) is 36.8 Å². The van der Waals surface area contributed by atoms with E-state index in [1.807, 2.05) is 36.7 Å². The monoisotopic (exact) mass is 568 g/mol. The van der Waals surface area contributed by atoms with Crippen molar-refractivity contribution >= 4 is 28.6 Å². The van der Waals surface area contributed by atoms with Gasteiger partial charge in [0.2, 0.25) is 5.95 Å². The van der Waals surface area contributed by atoms with Crippen LogP contribution in [0.2, 0.25) is 0 Å². The average molecular weight is 569 g/mol. The van der Waals surface area contributed by atoms with Crippen LogP contribution in [0.1, 0.15) is 29.6 Å². The zero-order valence-electron chi connectivity index (χ0n) is 22.8. The van der Waals surface area contributed by atoms with Crippen LogP contribution in [0.3, 0.4) is 0 Å². The molecule has 2 aliphatic heterocycles. The van der Waals surface area contributed by atoms with E-state index in [-0.39, 0.29) is 18.0 Å². The number of imidazole rings is 1. The van der Waals surface area contributed by atoms with Crippen LogP contribution in [0.4, 0.5) is 16.0 Å². The van der Waals surface area contributed by atoms with E-state index in [4.69, 9.17) is 0 Å². The molecule has 7 rings (SSSR count). The molecule has 2 aliphatic rings. The van der Waals surface area contributed by atoms with E-state index in [0.29, 0.717) is 42.5 Å². The van der Waals surface area contributed by atoms with Gasteiger partial charge in [-0.05, 0) is 67.8 Å². The van der Waals surface area contributed by atoms with Crippen LogP contribution in [0.25, 0.3) is 16.7 Å². The summed E-state index contributed by atoms with van der Waals surface area (Å²) < 4.78 is 18.4. The van der Waals surface area contributed by atoms with Crippen LogP contribution >= 0.6 is 0 Å². The number of carbonyl (C=O) groups excluding carboxylic acids is 1. The number of aromatic nitrogens is 6. The smallest absolute Gasteiger partial charge is 0.264 e. The molecule has 0 radical (unpaired) electrons. The lowest BCUT2D eigenvalue weighted by atomic mass is 9.91. The van der Waals surface area contributed by atoms with Crippen molar-refractivity contribution < 1.29 is 14.3 Å². The highest BCUT2D eigenvalue weighted by atomic mass is 19.1. The third-order valence-corrected chi connectivity index (χ3v) is 8.21. The second-order valence-electron chi connectivity index (χ2n) is 10.9. The van der Waals surface area contributed by atoms with Crippen molar-refractivity contribution in [3.05, 3.63) is 95.2 Å². The molecule has 1 N–H and O–H groups in total. The molecule has 2 aromatic carbocycles. The number of piperidine rings is 1. The molecule has 11 nitrogen and oxygen atoms in total. The minimum absolute atomic E-state index is 0.0544. The Bertz CT molecular complexity index is 1820. The number of benzene rings is 2. The fourth-order valence-electron chi connectivity index (χ4n) is 5.86. The number of aliphatic hydroxyl groups is 1. The van der Waals surface area contributed by atoms with Gasteiger partial charge in [-0.3, -0.25) is 14.2 Å². The number of halogens is 1. The van der Waals surface area contributed by atoms with Crippen LogP contribution in [0.5, 0.6) is 0 Å². The van der Waals surface area contributed by atoms with Gasteiger partial charge < -0.3 is 19.5 Å². The Morgan fingerprint density at radius 3 is 2.45 bits per heavy atom. The number of rotatable bonds is 5. The first-order valence-corrected chi connectivity index (χ1v) is 14.0. The number of carbonyl (C=O) groups is 1. The summed E-state index contributed by atoms with van der Waals surface area (Å²) in [7, 11) is 0. The number of aryl methyl sites for hydroxylation is 1. The highest BCUT2D eigenvalue weighted by Gasteiger charge is 2.35. The standard InChI is InChI=1S/C30H29FN8O3/c31-22-4-2-21(3-5-22)27(40)35-15-10-30(42,11-16-35)19-37-20-33-26-25(28(37)41)18-34-39(26)24-8-6-23(7-9-24)38-14-1-13-36-17-12-32-29(36)38/h2-9,12,17-18,20,42H,1,10-11,13-16,19H2. The molecule has 5 heterocycles. The molecule has 0 unspecified atom stereocenters. The van der Waals surface area contributed by atoms with Gasteiger partial charge >= 0.3 is 0 Å². The summed E-state index contributed by atoms with van der Waals surface area (Å²) in [4.78, 5) is 39.0. The zero-order valence-corrected chi connectivity index (χ0v) is 22.8. The molecule has 1 amide bonds. The van der Waals surface area contributed by atoms with Gasteiger partial charge in [-0.25, -0.2) is 19.0 Å². The van der Waals surface area contributed by atoms with Crippen LogP contribution in [0.15, 0.2) is 78.2 Å². The van der Waals surface area contributed by atoms with Crippen LogP contribution in [0, 0.1) is 5.82 Å². The lowest BCUT2D eigenvalue weighted by molar-refractivity contribution is -0.0299. The Morgan fingerprint density at radius 1 is 0.952 bits per heavy atom. The summed E-state index contributed by atoms with van der Waals surface area (Å²) in [6.07, 6.45) is 8.38. The zero-order chi connectivity index (χ0) is 28.8. The average Bonchev–Trinajstić information content (AvgIpc) is 3.67. The maximum atomic E-state index is 13.4. The van der Waals surface area contributed by atoms with E-state index in [2.05, 4.69) is 24.5 Å². The highest BCUT2D eigenvalue weighted by molar-refractivity contribution is 5.94. The lowest BCUT2D eigenvalue weighted by Crippen LogP contribution is -2.49. The van der Waals surface area contributed by atoms with Gasteiger partial charge in [0, 0.05) is 49.8 Å². The Hall–Kier alpha value is -4.84. The second kappa shape index (κ2) is 10.2. The van der Waals surface area contributed by atoms with Gasteiger partial charge in [0.15, 0.2) is 5.65 Å². The molecule has 12 heteroatoms. The fourth-order valence-corrected chi connectivity index (χ4v) is 5.86. The van der Waals surface area contributed by atoms with Crippen molar-refractivity contribution in [2.24, 2.45) is 0 Å². The number of hydrogen-bond acceptors (Lipinski definition) is 7. The first-order chi connectivity index (χ1) is 20.4. The van der Waals surface area contributed by atoms with Gasteiger partial charge in [-0.2, -0.15) is 5.10 Å². The first kappa shape index (κ1) is 26.1. The van der Waals surface area contributed by atoms with Crippen molar-refractivity contribution in [2.75, 3.05) is 24.5 Å². The molecule has 0 saturated carbocycles. The van der Waals surface area contributed by atoms with E-state index >= 15 is 0 Å². The van der Waals surface area contributed by atoms with Gasteiger partial charge in [0.05, 0.1) is 24.0 Å². The SMILES string of the molecule is O=C(c1ccc(F)cc1)N1CCC(O)(Cn2cnc3c(cnn3-c3ccc(N4CCCn5ccnc54)cc3)c2=O)CC1. The normalized spacial score (nSPS) is 16.5. The molecule has 1 saturated heterocycles. The number of amides is 1. The van der Waals surface area contributed by atoms with E-state index in [1.54, 1.807) is 9.58 Å². The maximum Gasteiger partial charge on any atom is 0.264 e. The third-order valence-electron chi connectivity index (χ3n) is 8.21. The van der Waals surface area contributed by atoms with Gasteiger partial charge in [-0.15, -0.1) is 0 Å². The second-order valence-corrected chi connectivity index (χ2v) is 10.9. The summed E-state index contributed by atoms with van der Waals surface area (Å²) in [5.74, 6) is 0.313. The summed E-state index contributed by atoms with van der Waals surface area (Å²) in [6.45, 7) is 2.55. The van der Waals surface area contributed by atoms with Crippen molar-refractivity contribution in [2.45, 2.75) is 38.0 Å². The molecule has 3 aromatic heterocycles. The third kappa shape index (κ3) is 4.63. The molecule has 0 spiro atoms. The topological polar surface area (TPSA) is 114 Å². The van der Waals surface area contributed by atoms with E-state index < -0.39 is 11.4 Å². The molecule has 0 atom stereocenters. The quantitative estimate of drug-likeness (QED) is 0.347. The van der Waals surface area contributed by atoms with Gasteiger partial charge in [-0.1, -0.05) is 0 Å². The summed E-state index contributed by atoms with van der Waals surface area (Å²) >= 11 is 0. The number of nitrogens with zero attached hydrogens (tertiary/aromatic N) is 8.